The summed E-state index contributed by atoms with van der Waals surface area (Å²) in [7, 11) is 1.54. The minimum absolute atomic E-state index is 0.112. The van der Waals surface area contributed by atoms with E-state index in [9.17, 15) is 24.3 Å². The molecule has 0 saturated heterocycles. The van der Waals surface area contributed by atoms with Gasteiger partial charge in [0.25, 0.3) is 0 Å². The Morgan fingerprint density at radius 3 is 1.07 bits per heavy atom. The van der Waals surface area contributed by atoms with Gasteiger partial charge >= 0.3 is 23.9 Å². The quantitative estimate of drug-likeness (QED) is 0.0935. The number of fused-ring (bicyclic) bond motifs is 6. The maximum absolute atomic E-state index is 11.2. The Morgan fingerprint density at radius 1 is 0.426 bits per heavy atom. The van der Waals surface area contributed by atoms with Gasteiger partial charge in [-0.05, 0) is 133 Å². The molecule has 2 aliphatic heterocycles. The van der Waals surface area contributed by atoms with Crippen molar-refractivity contribution in [3.63, 3.8) is 0 Å². The van der Waals surface area contributed by atoms with Gasteiger partial charge in [-0.1, -0.05) is 47.5 Å². The lowest BCUT2D eigenvalue weighted by atomic mass is 10.1. The number of aryl methyl sites for hydroxylation is 8. The summed E-state index contributed by atoms with van der Waals surface area (Å²) in [6, 6.07) is 21.9. The monoisotopic (exact) mass is 1320 g/mol. The maximum atomic E-state index is 11.2. The molecule has 10 heterocycles. The van der Waals surface area contributed by atoms with Gasteiger partial charge in [0.05, 0.1) is 91.6 Å². The van der Waals surface area contributed by atoms with Crippen LogP contribution >= 0.6 is 23.2 Å². The molecule has 2 aliphatic rings. The van der Waals surface area contributed by atoms with Crippen molar-refractivity contribution >= 4 is 69.7 Å². The number of aromatic carboxylic acids is 4. The fourth-order valence-electron chi connectivity index (χ4n) is 10.6. The first kappa shape index (κ1) is 63.9. The van der Waals surface area contributed by atoms with Gasteiger partial charge in [-0.25, -0.2) is 37.2 Å². The number of benzene rings is 4. The molecule has 12 aromatic rings. The number of carbonyl (C=O) groups is 4. The summed E-state index contributed by atoms with van der Waals surface area (Å²) in [5.41, 5.74) is 12.5. The van der Waals surface area contributed by atoms with Crippen LogP contribution in [0.2, 0.25) is 10.0 Å². The van der Waals surface area contributed by atoms with Crippen LogP contribution in [0.3, 0.4) is 0 Å². The van der Waals surface area contributed by atoms with Crippen molar-refractivity contribution in [2.45, 2.75) is 62.3 Å². The van der Waals surface area contributed by atoms with Crippen LogP contribution in [0, 0.1) is 55.4 Å². The minimum Gasteiger partial charge on any atom is -0.495 e. The van der Waals surface area contributed by atoms with Gasteiger partial charge in [0.2, 0.25) is 6.79 Å². The zero-order chi connectivity index (χ0) is 67.1. The third-order valence-electron chi connectivity index (χ3n) is 15.0. The number of nitrogens with zero attached hydrogens (tertiary/aromatic N) is 16. The Labute approximate surface area is 540 Å². The molecule has 30 nitrogen and oxygen atoms in total. The van der Waals surface area contributed by atoms with E-state index in [2.05, 4.69) is 61.2 Å². The van der Waals surface area contributed by atoms with E-state index in [0.29, 0.717) is 121 Å². The second-order valence-corrected chi connectivity index (χ2v) is 21.7. The number of rotatable bonds is 11. The molecular weight excluding hydrogens is 1260 g/mol. The Hall–Kier alpha value is -11.7. The van der Waals surface area contributed by atoms with E-state index in [1.807, 2.05) is 89.2 Å². The number of carboxylic acid groups (broad SMARTS) is 4. The van der Waals surface area contributed by atoms with Crippen LogP contribution in [0.5, 0.6) is 34.5 Å². The van der Waals surface area contributed by atoms with Crippen molar-refractivity contribution < 1.29 is 68.0 Å². The van der Waals surface area contributed by atoms with Crippen LogP contribution in [0.15, 0.2) is 72.8 Å². The third-order valence-corrected chi connectivity index (χ3v) is 15.7. The largest absolute Gasteiger partial charge is 0.495 e. The SMILES string of the molecule is CCOc1cc(-c2c(C)nn3c(C)c(C(=O)O)nnc23)ccc1Cl.COc1cc(-c2c(C)nn3c(C)c(C(=O)O)nnc23)ccc1Cl.Cc1nn2c(C)c(C(=O)O)nnc2c1-c1ccc2c(c1)OCCO2.Cc1nn2c(C)c(C(=O)O)nnc2c1-c1ccc2c(c1)OCO2. The van der Waals surface area contributed by atoms with E-state index in [0.717, 1.165) is 55.9 Å². The number of ether oxygens (including phenoxy) is 6. The normalized spacial score (nSPS) is 12.0. The van der Waals surface area contributed by atoms with E-state index in [4.69, 9.17) is 66.9 Å². The standard InChI is InChI=1S/C16H15ClN4O3.C16H14N4O4.C15H13ClN4O3.C15H12N4O4/c1-4-24-12-7-10(5-6-11(12)17)13-8(2)20-21-9(3)14(16(22)23)18-19-15(13)21;1-8-13(10-3-4-11-12(7-10)24-6-5-23-11)15-18-17-14(16(21)22)9(2)20(15)19-8;1-7-12(9-4-5-10(16)11(6-9)23-3)14-18-17-13(15(21)22)8(2)20(14)19-7;1-7-12(9-3-4-10-11(5-9)23-6-22-10)14-17-16-13(15(20)21)8(2)19(14)18-7/h5-7H,4H2,1-3H3,(H,22,23);3-4,7H,5-6H2,1-2H3,(H,21,22);4-6H,1-3H3,(H,21,22);3-5H,6H2,1-2H3,(H,20,21). The Kier molecular flexibility index (Phi) is 17.6. The molecule has 0 amide bonds. The molecular formula is C62H54Cl2N16O14. The fraction of sp³-hybridized carbons (Fsp3) is 0.226. The highest BCUT2D eigenvalue weighted by atomic mass is 35.5. The molecule has 14 rings (SSSR count). The lowest BCUT2D eigenvalue weighted by Crippen LogP contribution is -2.15. The summed E-state index contributed by atoms with van der Waals surface area (Å²) in [5.74, 6) is -0.700. The van der Waals surface area contributed by atoms with Crippen molar-refractivity contribution in [3.8, 4) is 79.0 Å². The first-order valence-electron chi connectivity index (χ1n) is 28.4. The Balaban J connectivity index is 0.000000128. The predicted octanol–water partition coefficient (Wildman–Crippen LogP) is 9.64. The van der Waals surface area contributed by atoms with Crippen LogP contribution < -0.4 is 28.4 Å². The average Bonchev–Trinajstić information content (AvgIpc) is 1.63. The number of hydrogen-bond acceptors (Lipinski definition) is 22. The third kappa shape index (κ3) is 11.9. The van der Waals surface area contributed by atoms with Gasteiger partial charge in [0, 0.05) is 0 Å². The minimum atomic E-state index is -1.14. The van der Waals surface area contributed by atoms with E-state index in [-0.39, 0.29) is 29.6 Å². The molecule has 8 aromatic heterocycles. The summed E-state index contributed by atoms with van der Waals surface area (Å²) in [5, 5.41) is 86.7. The molecule has 32 heteroatoms. The summed E-state index contributed by atoms with van der Waals surface area (Å²) in [6.07, 6.45) is 0. The molecule has 0 aliphatic carbocycles. The first-order chi connectivity index (χ1) is 45.0. The molecule has 480 valence electrons. The molecule has 94 heavy (non-hydrogen) atoms. The van der Waals surface area contributed by atoms with Crippen molar-refractivity contribution in [3.05, 3.63) is 151 Å². The smallest absolute Gasteiger partial charge is 0.358 e. The number of carboxylic acids is 4. The molecule has 4 aromatic carbocycles. The fourth-order valence-corrected chi connectivity index (χ4v) is 10.9. The van der Waals surface area contributed by atoms with E-state index in [1.54, 1.807) is 45.9 Å². The number of aromatic nitrogens is 16. The summed E-state index contributed by atoms with van der Waals surface area (Å²) >= 11 is 12.2. The second-order valence-electron chi connectivity index (χ2n) is 20.9. The molecule has 0 fully saturated rings. The zero-order valence-corrected chi connectivity index (χ0v) is 53.1. The first-order valence-corrected chi connectivity index (χ1v) is 29.2. The lowest BCUT2D eigenvalue weighted by molar-refractivity contribution is 0.0676. The number of methoxy groups -OCH3 is 1. The van der Waals surface area contributed by atoms with Crippen LogP contribution in [0.4, 0.5) is 0 Å². The highest BCUT2D eigenvalue weighted by molar-refractivity contribution is 6.32. The summed E-state index contributed by atoms with van der Waals surface area (Å²) in [4.78, 5) is 44.8. The van der Waals surface area contributed by atoms with Crippen molar-refractivity contribution in [1.29, 1.82) is 0 Å². The van der Waals surface area contributed by atoms with E-state index >= 15 is 0 Å². The van der Waals surface area contributed by atoms with Gasteiger partial charge in [-0.2, -0.15) is 20.4 Å². The van der Waals surface area contributed by atoms with Crippen molar-refractivity contribution in [2.75, 3.05) is 33.7 Å². The molecule has 0 spiro atoms. The molecule has 0 saturated carbocycles. The number of halogens is 2. The van der Waals surface area contributed by atoms with Gasteiger partial charge in [0.15, 0.2) is 68.4 Å². The Bertz CT molecular complexity index is 4970. The van der Waals surface area contributed by atoms with E-state index in [1.165, 1.54) is 25.2 Å². The lowest BCUT2D eigenvalue weighted by Gasteiger charge is -2.18. The molecule has 0 unspecified atom stereocenters. The maximum Gasteiger partial charge on any atom is 0.358 e. The highest BCUT2D eigenvalue weighted by Gasteiger charge is 2.26. The number of hydrogen-bond donors (Lipinski definition) is 4. The van der Waals surface area contributed by atoms with Crippen LogP contribution in [0.25, 0.3) is 67.1 Å². The van der Waals surface area contributed by atoms with Gasteiger partial charge in [0.1, 0.15) is 24.7 Å². The van der Waals surface area contributed by atoms with Crippen molar-refractivity contribution in [1.82, 2.24) is 79.2 Å². The van der Waals surface area contributed by atoms with E-state index < -0.39 is 23.9 Å². The second kappa shape index (κ2) is 25.9. The zero-order valence-electron chi connectivity index (χ0n) is 51.5. The molecule has 0 bridgehead atoms. The highest BCUT2D eigenvalue weighted by Crippen LogP contribution is 2.41. The average molecular weight is 1320 g/mol. The van der Waals surface area contributed by atoms with Gasteiger partial charge < -0.3 is 48.8 Å². The summed E-state index contributed by atoms with van der Waals surface area (Å²) < 4.78 is 38.6. The van der Waals surface area contributed by atoms with Crippen molar-refractivity contribution in [2.24, 2.45) is 0 Å². The molecule has 4 N–H and O–H groups in total. The Morgan fingerprint density at radius 2 is 0.723 bits per heavy atom. The predicted molar refractivity (Wildman–Crippen MR) is 335 cm³/mol. The topological polar surface area (TPSA) is 377 Å². The summed E-state index contributed by atoms with van der Waals surface area (Å²) in [6.45, 7) is 17.6. The van der Waals surface area contributed by atoms with Gasteiger partial charge in [-0.3, -0.25) is 0 Å². The molecule has 0 radical (unpaired) electrons. The van der Waals surface area contributed by atoms with Crippen LogP contribution in [0.1, 0.15) is 94.4 Å². The van der Waals surface area contributed by atoms with Crippen LogP contribution in [-0.4, -0.2) is 157 Å². The van der Waals surface area contributed by atoms with Crippen LogP contribution in [-0.2, 0) is 0 Å². The van der Waals surface area contributed by atoms with Gasteiger partial charge in [-0.15, -0.1) is 40.8 Å². The molecule has 0 atom stereocenters.